The summed E-state index contributed by atoms with van der Waals surface area (Å²) in [4.78, 5) is 9.09. The van der Waals surface area contributed by atoms with Gasteiger partial charge in [-0.25, -0.2) is 18.4 Å². The zero-order chi connectivity index (χ0) is 15.3. The summed E-state index contributed by atoms with van der Waals surface area (Å²) in [6, 6.07) is 3.26. The molecular formula is C13H23N5O2S. The van der Waals surface area contributed by atoms with Crippen LogP contribution in [0.3, 0.4) is 0 Å². The molecule has 0 aliphatic carbocycles. The molecule has 2 heterocycles. The summed E-state index contributed by atoms with van der Waals surface area (Å²) in [6.45, 7) is 5.93. The molecular weight excluding hydrogens is 290 g/mol. The molecule has 7 nitrogen and oxygen atoms in total. The van der Waals surface area contributed by atoms with E-state index in [9.17, 15) is 8.42 Å². The SMILES string of the molecule is CCCNc1ccc(S(=O)(=O)NN2CCN(C)CC2)cn1. The van der Waals surface area contributed by atoms with Crippen molar-refractivity contribution in [3.63, 3.8) is 0 Å². The summed E-state index contributed by atoms with van der Waals surface area (Å²) >= 11 is 0. The third kappa shape index (κ3) is 4.63. The van der Waals surface area contributed by atoms with E-state index in [1.807, 2.05) is 7.05 Å². The summed E-state index contributed by atoms with van der Waals surface area (Å²) in [5.41, 5.74) is 0. The Labute approximate surface area is 126 Å². The molecule has 0 atom stereocenters. The van der Waals surface area contributed by atoms with Crippen molar-refractivity contribution in [1.82, 2.24) is 19.7 Å². The van der Waals surface area contributed by atoms with Gasteiger partial charge in [-0.2, -0.15) is 0 Å². The lowest BCUT2D eigenvalue weighted by Crippen LogP contribution is -2.52. The van der Waals surface area contributed by atoms with Gasteiger partial charge < -0.3 is 10.2 Å². The zero-order valence-corrected chi connectivity index (χ0v) is 13.4. The van der Waals surface area contributed by atoms with Gasteiger partial charge >= 0.3 is 0 Å². The molecule has 118 valence electrons. The number of pyridine rings is 1. The summed E-state index contributed by atoms with van der Waals surface area (Å²) in [6.07, 6.45) is 2.38. The Morgan fingerprint density at radius 1 is 1.24 bits per heavy atom. The predicted molar refractivity (Wildman–Crippen MR) is 82.4 cm³/mol. The Morgan fingerprint density at radius 2 is 1.95 bits per heavy atom. The highest BCUT2D eigenvalue weighted by atomic mass is 32.2. The van der Waals surface area contributed by atoms with Crippen molar-refractivity contribution >= 4 is 15.8 Å². The topological polar surface area (TPSA) is 77.6 Å². The molecule has 2 rings (SSSR count). The minimum Gasteiger partial charge on any atom is -0.370 e. The molecule has 1 aliphatic rings. The molecule has 1 aliphatic heterocycles. The molecule has 0 unspecified atom stereocenters. The molecule has 1 saturated heterocycles. The second kappa shape index (κ2) is 7.17. The fraction of sp³-hybridized carbons (Fsp3) is 0.615. The number of likely N-dealkylation sites (N-methyl/N-ethyl adjacent to an activating group) is 1. The number of rotatable bonds is 6. The van der Waals surface area contributed by atoms with E-state index in [0.717, 1.165) is 26.1 Å². The molecule has 0 spiro atoms. The standard InChI is InChI=1S/C13H23N5O2S/c1-3-6-14-13-5-4-12(11-15-13)21(19,20)16-18-9-7-17(2)8-10-18/h4-5,11,16H,3,6-10H2,1-2H3,(H,14,15). The fourth-order valence-electron chi connectivity index (χ4n) is 2.02. The van der Waals surface area contributed by atoms with E-state index < -0.39 is 10.0 Å². The second-order valence-electron chi connectivity index (χ2n) is 5.19. The normalized spacial score (nSPS) is 17.8. The number of sulfonamides is 1. The molecule has 0 saturated carbocycles. The smallest absolute Gasteiger partial charge is 0.254 e. The number of nitrogens with zero attached hydrogens (tertiary/aromatic N) is 3. The number of hydrogen-bond donors (Lipinski definition) is 2. The van der Waals surface area contributed by atoms with Crippen LogP contribution in [0.15, 0.2) is 23.2 Å². The van der Waals surface area contributed by atoms with E-state index >= 15 is 0 Å². The Kier molecular flexibility index (Phi) is 5.51. The van der Waals surface area contributed by atoms with E-state index in [1.54, 1.807) is 17.1 Å². The molecule has 0 aromatic carbocycles. The maximum atomic E-state index is 12.3. The first-order valence-electron chi connectivity index (χ1n) is 7.17. The van der Waals surface area contributed by atoms with Crippen molar-refractivity contribution in [2.24, 2.45) is 0 Å². The summed E-state index contributed by atoms with van der Waals surface area (Å²) in [5.74, 6) is 0.690. The van der Waals surface area contributed by atoms with Gasteiger partial charge in [-0.15, -0.1) is 4.83 Å². The average Bonchev–Trinajstić information content (AvgIpc) is 2.48. The van der Waals surface area contributed by atoms with E-state index in [1.165, 1.54) is 6.20 Å². The van der Waals surface area contributed by atoms with Gasteiger partial charge in [0.2, 0.25) is 0 Å². The predicted octanol–water partition coefficient (Wildman–Crippen LogP) is 0.344. The fourth-order valence-corrected chi connectivity index (χ4v) is 3.08. The van der Waals surface area contributed by atoms with Gasteiger partial charge in [0.25, 0.3) is 10.0 Å². The third-order valence-corrected chi connectivity index (χ3v) is 4.72. The first-order chi connectivity index (χ1) is 10.0. The van der Waals surface area contributed by atoms with Gasteiger partial charge in [-0.05, 0) is 25.6 Å². The third-order valence-electron chi connectivity index (χ3n) is 3.36. The molecule has 8 heteroatoms. The van der Waals surface area contributed by atoms with Gasteiger partial charge in [0.05, 0.1) is 0 Å². The maximum Gasteiger partial charge on any atom is 0.254 e. The Morgan fingerprint density at radius 3 is 2.52 bits per heavy atom. The highest BCUT2D eigenvalue weighted by Gasteiger charge is 2.21. The van der Waals surface area contributed by atoms with Crippen LogP contribution >= 0.6 is 0 Å². The molecule has 0 bridgehead atoms. The van der Waals surface area contributed by atoms with Crippen LogP contribution in [-0.4, -0.2) is 63.1 Å². The first-order valence-corrected chi connectivity index (χ1v) is 8.65. The van der Waals surface area contributed by atoms with Gasteiger partial charge in [0.1, 0.15) is 10.7 Å². The minimum absolute atomic E-state index is 0.184. The van der Waals surface area contributed by atoms with Crippen molar-refractivity contribution < 1.29 is 8.42 Å². The van der Waals surface area contributed by atoms with Gasteiger partial charge in [-0.1, -0.05) is 6.92 Å². The zero-order valence-electron chi connectivity index (χ0n) is 12.5. The number of aromatic nitrogens is 1. The summed E-state index contributed by atoms with van der Waals surface area (Å²) in [7, 11) is -1.52. The van der Waals surface area contributed by atoms with Crippen LogP contribution in [0.5, 0.6) is 0 Å². The molecule has 2 N–H and O–H groups in total. The Balaban J connectivity index is 1.98. The van der Waals surface area contributed by atoms with Crippen LogP contribution in [0.25, 0.3) is 0 Å². The number of hydrazine groups is 1. The number of hydrogen-bond acceptors (Lipinski definition) is 6. The first kappa shape index (κ1) is 16.2. The summed E-state index contributed by atoms with van der Waals surface area (Å²) in [5, 5.41) is 4.85. The Bertz CT molecular complexity index is 538. The quantitative estimate of drug-likeness (QED) is 0.789. The van der Waals surface area contributed by atoms with Crippen LogP contribution in [0.4, 0.5) is 5.82 Å². The number of nitrogens with one attached hydrogen (secondary N) is 2. The molecule has 1 aromatic heterocycles. The van der Waals surface area contributed by atoms with Crippen LogP contribution in [0.2, 0.25) is 0 Å². The molecule has 0 radical (unpaired) electrons. The largest absolute Gasteiger partial charge is 0.370 e. The molecule has 1 fully saturated rings. The minimum atomic E-state index is -3.55. The van der Waals surface area contributed by atoms with Crippen LogP contribution in [0.1, 0.15) is 13.3 Å². The van der Waals surface area contributed by atoms with Gasteiger partial charge in [-0.3, -0.25) is 0 Å². The van der Waals surface area contributed by atoms with E-state index in [4.69, 9.17) is 0 Å². The van der Waals surface area contributed by atoms with E-state index in [2.05, 4.69) is 27.0 Å². The lowest BCUT2D eigenvalue weighted by molar-refractivity contribution is 0.135. The highest BCUT2D eigenvalue weighted by Crippen LogP contribution is 2.11. The molecule has 1 aromatic rings. The lowest BCUT2D eigenvalue weighted by Gasteiger charge is -2.32. The van der Waals surface area contributed by atoms with Crippen molar-refractivity contribution in [2.75, 3.05) is 45.1 Å². The number of anilines is 1. The van der Waals surface area contributed by atoms with Crippen molar-refractivity contribution in [1.29, 1.82) is 0 Å². The van der Waals surface area contributed by atoms with E-state index in [-0.39, 0.29) is 4.90 Å². The van der Waals surface area contributed by atoms with Crippen molar-refractivity contribution in [2.45, 2.75) is 18.2 Å². The Hall–Kier alpha value is -1.22. The average molecular weight is 313 g/mol. The monoisotopic (exact) mass is 313 g/mol. The van der Waals surface area contributed by atoms with Crippen molar-refractivity contribution in [3.05, 3.63) is 18.3 Å². The molecule has 21 heavy (non-hydrogen) atoms. The van der Waals surface area contributed by atoms with E-state index in [0.29, 0.717) is 18.9 Å². The highest BCUT2D eigenvalue weighted by molar-refractivity contribution is 7.89. The lowest BCUT2D eigenvalue weighted by atomic mass is 10.4. The van der Waals surface area contributed by atoms with Crippen LogP contribution < -0.4 is 10.1 Å². The van der Waals surface area contributed by atoms with Gasteiger partial charge in [0, 0.05) is 38.9 Å². The number of piperazine rings is 1. The van der Waals surface area contributed by atoms with Crippen molar-refractivity contribution in [3.8, 4) is 0 Å². The molecule has 0 amide bonds. The maximum absolute atomic E-state index is 12.3. The van der Waals surface area contributed by atoms with Gasteiger partial charge in [0.15, 0.2) is 0 Å². The van der Waals surface area contributed by atoms with Crippen LogP contribution in [0, 0.1) is 0 Å². The second-order valence-corrected chi connectivity index (χ2v) is 6.85. The summed E-state index contributed by atoms with van der Waals surface area (Å²) < 4.78 is 24.6. The van der Waals surface area contributed by atoms with Crippen LogP contribution in [-0.2, 0) is 10.0 Å².